The zero-order valence-corrected chi connectivity index (χ0v) is 10.1. The topological polar surface area (TPSA) is 63.3 Å². The van der Waals surface area contributed by atoms with E-state index >= 15 is 0 Å². The Morgan fingerprint density at radius 1 is 1.35 bits per heavy atom. The molecule has 20 heavy (non-hydrogen) atoms. The van der Waals surface area contributed by atoms with Crippen LogP contribution >= 0.6 is 11.6 Å². The van der Waals surface area contributed by atoms with Crippen LogP contribution in [0.15, 0.2) is 22.6 Å². The van der Waals surface area contributed by atoms with Crippen molar-refractivity contribution < 1.29 is 31.9 Å². The first-order chi connectivity index (χ1) is 9.21. The van der Waals surface area contributed by atoms with Gasteiger partial charge in [0, 0.05) is 0 Å². The predicted octanol–water partition coefficient (Wildman–Crippen LogP) is 3.85. The molecule has 0 atom stereocenters. The highest BCUT2D eigenvalue weighted by atomic mass is 35.5. The number of alkyl halides is 3. The van der Waals surface area contributed by atoms with Crippen molar-refractivity contribution in [3.05, 3.63) is 40.5 Å². The maximum absolute atomic E-state index is 13.7. The molecule has 9 heteroatoms. The minimum absolute atomic E-state index is 0.355. The average molecular weight is 310 g/mol. The van der Waals surface area contributed by atoms with Gasteiger partial charge in [-0.25, -0.2) is 14.2 Å². The zero-order valence-electron chi connectivity index (χ0n) is 9.33. The first-order valence-corrected chi connectivity index (χ1v) is 5.35. The number of hydrogen-bond acceptors (Lipinski definition) is 3. The fourth-order valence-electron chi connectivity index (χ4n) is 1.44. The van der Waals surface area contributed by atoms with Crippen LogP contribution in [0.2, 0.25) is 5.02 Å². The van der Waals surface area contributed by atoms with Crippen LogP contribution in [-0.4, -0.2) is 16.1 Å². The third-order valence-electron chi connectivity index (χ3n) is 2.27. The van der Waals surface area contributed by atoms with Crippen LogP contribution in [0.4, 0.5) is 17.6 Å². The molecule has 0 amide bonds. The second-order valence-electron chi connectivity index (χ2n) is 3.60. The number of aromatic nitrogens is 1. The number of halogens is 5. The lowest BCUT2D eigenvalue weighted by Gasteiger charge is -2.01. The number of benzene rings is 1. The molecule has 0 radical (unpaired) electrons. The molecule has 0 unspecified atom stereocenters. The van der Waals surface area contributed by atoms with Gasteiger partial charge in [-0.15, -0.1) is 0 Å². The average Bonchev–Trinajstić information content (AvgIpc) is 2.77. The predicted molar refractivity (Wildman–Crippen MR) is 58.9 cm³/mol. The maximum atomic E-state index is 13.7. The van der Waals surface area contributed by atoms with Gasteiger partial charge in [0.25, 0.3) is 0 Å². The van der Waals surface area contributed by atoms with E-state index in [4.69, 9.17) is 16.7 Å². The molecule has 2 rings (SSSR count). The molecule has 2 aromatic rings. The molecule has 0 bridgehead atoms. The van der Waals surface area contributed by atoms with Crippen molar-refractivity contribution in [3.63, 3.8) is 0 Å². The van der Waals surface area contributed by atoms with Gasteiger partial charge in [-0.1, -0.05) is 17.7 Å². The Morgan fingerprint density at radius 3 is 2.50 bits per heavy atom. The molecule has 1 aromatic heterocycles. The fourth-order valence-corrected chi connectivity index (χ4v) is 1.62. The van der Waals surface area contributed by atoms with E-state index < -0.39 is 40.9 Å². The van der Waals surface area contributed by atoms with Crippen molar-refractivity contribution in [1.82, 2.24) is 4.98 Å². The van der Waals surface area contributed by atoms with Gasteiger partial charge < -0.3 is 9.52 Å². The maximum Gasteiger partial charge on any atom is 0.437 e. The number of nitrogens with zero attached hydrogens (tertiary/aromatic N) is 1. The summed E-state index contributed by atoms with van der Waals surface area (Å²) < 4.78 is 56.0. The van der Waals surface area contributed by atoms with Gasteiger partial charge in [-0.2, -0.15) is 13.2 Å². The molecule has 1 heterocycles. The number of aromatic carboxylic acids is 1. The first-order valence-electron chi connectivity index (χ1n) is 4.97. The van der Waals surface area contributed by atoms with E-state index in [0.29, 0.717) is 0 Å². The van der Waals surface area contributed by atoms with Crippen molar-refractivity contribution in [2.75, 3.05) is 0 Å². The minimum atomic E-state index is -5.04. The molecular formula is C11H4ClF4NO3. The van der Waals surface area contributed by atoms with Gasteiger partial charge in [0.1, 0.15) is 0 Å². The standard InChI is InChI=1S/C11H4ClF4NO3/c12-5-3-1-2-4(6(5)13)9-17-8(11(14,15)16)7(20-9)10(18)19/h1-3H,(H,18,19). The molecular weight excluding hydrogens is 306 g/mol. The lowest BCUT2D eigenvalue weighted by atomic mass is 10.2. The molecule has 1 N–H and O–H groups in total. The minimum Gasteiger partial charge on any atom is -0.475 e. The third-order valence-corrected chi connectivity index (χ3v) is 2.56. The summed E-state index contributed by atoms with van der Waals surface area (Å²) in [5.41, 5.74) is -2.20. The lowest BCUT2D eigenvalue weighted by molar-refractivity contribution is -0.141. The Bertz CT molecular complexity index is 681. The lowest BCUT2D eigenvalue weighted by Crippen LogP contribution is -2.11. The number of carboxylic acids is 1. The summed E-state index contributed by atoms with van der Waals surface area (Å²) in [6.07, 6.45) is -5.04. The van der Waals surface area contributed by atoms with E-state index in [-0.39, 0.29) is 5.02 Å². The van der Waals surface area contributed by atoms with Crippen LogP contribution < -0.4 is 0 Å². The van der Waals surface area contributed by atoms with E-state index in [1.54, 1.807) is 0 Å². The molecule has 0 spiro atoms. The van der Waals surface area contributed by atoms with E-state index in [9.17, 15) is 22.4 Å². The van der Waals surface area contributed by atoms with Gasteiger partial charge >= 0.3 is 12.1 Å². The summed E-state index contributed by atoms with van der Waals surface area (Å²) in [6, 6.07) is 3.50. The molecule has 0 aliphatic rings. The summed E-state index contributed by atoms with van der Waals surface area (Å²) in [6.45, 7) is 0. The molecule has 0 fully saturated rings. The van der Waals surface area contributed by atoms with Crippen molar-refractivity contribution in [1.29, 1.82) is 0 Å². The van der Waals surface area contributed by atoms with Crippen LogP contribution in [0.25, 0.3) is 11.5 Å². The number of rotatable bonds is 2. The van der Waals surface area contributed by atoms with Gasteiger partial charge in [0.2, 0.25) is 11.7 Å². The fraction of sp³-hybridized carbons (Fsp3) is 0.0909. The van der Waals surface area contributed by atoms with E-state index in [2.05, 4.69) is 9.40 Å². The van der Waals surface area contributed by atoms with E-state index in [1.165, 1.54) is 12.1 Å². The second kappa shape index (κ2) is 4.78. The van der Waals surface area contributed by atoms with Gasteiger partial charge in [0.05, 0.1) is 10.6 Å². The summed E-state index contributed by atoms with van der Waals surface area (Å²) in [5.74, 6) is -5.24. The number of oxazole rings is 1. The molecule has 0 aliphatic carbocycles. The Morgan fingerprint density at radius 2 is 2.00 bits per heavy atom. The van der Waals surface area contributed by atoms with E-state index in [1.807, 2.05) is 0 Å². The summed E-state index contributed by atoms with van der Waals surface area (Å²) >= 11 is 5.48. The van der Waals surface area contributed by atoms with Crippen molar-refractivity contribution in [2.24, 2.45) is 0 Å². The van der Waals surface area contributed by atoms with E-state index in [0.717, 1.165) is 6.07 Å². The van der Waals surface area contributed by atoms with Crippen molar-refractivity contribution in [2.45, 2.75) is 6.18 Å². The summed E-state index contributed by atoms with van der Waals surface area (Å²) in [5, 5.41) is 8.30. The van der Waals surface area contributed by atoms with Gasteiger partial charge in [0.15, 0.2) is 11.5 Å². The molecule has 4 nitrogen and oxygen atoms in total. The Labute approximate surface area is 113 Å². The van der Waals surface area contributed by atoms with Gasteiger partial charge in [-0.3, -0.25) is 0 Å². The largest absolute Gasteiger partial charge is 0.475 e. The SMILES string of the molecule is O=C(O)c1oc(-c2cccc(Cl)c2F)nc1C(F)(F)F. The molecule has 106 valence electrons. The Hall–Kier alpha value is -2.09. The highest BCUT2D eigenvalue weighted by Gasteiger charge is 2.41. The summed E-state index contributed by atoms with van der Waals surface area (Å²) in [7, 11) is 0. The van der Waals surface area contributed by atoms with Crippen LogP contribution in [0.3, 0.4) is 0 Å². The Kier molecular flexibility index (Phi) is 3.43. The van der Waals surface area contributed by atoms with Crippen molar-refractivity contribution >= 4 is 17.6 Å². The molecule has 1 aromatic carbocycles. The van der Waals surface area contributed by atoms with Crippen LogP contribution in [0, 0.1) is 5.82 Å². The smallest absolute Gasteiger partial charge is 0.437 e. The molecule has 0 saturated carbocycles. The summed E-state index contributed by atoms with van der Waals surface area (Å²) in [4.78, 5) is 13.7. The Balaban J connectivity index is 2.65. The number of carbonyl (C=O) groups is 1. The number of hydrogen-bond donors (Lipinski definition) is 1. The quantitative estimate of drug-likeness (QED) is 0.856. The monoisotopic (exact) mass is 309 g/mol. The first kappa shape index (κ1) is 14.3. The third kappa shape index (κ3) is 2.46. The van der Waals surface area contributed by atoms with Crippen LogP contribution in [-0.2, 0) is 6.18 Å². The zero-order chi connectivity index (χ0) is 15.1. The molecule has 0 aliphatic heterocycles. The normalized spacial score (nSPS) is 11.7. The van der Waals surface area contributed by atoms with Crippen molar-refractivity contribution in [3.8, 4) is 11.5 Å². The van der Waals surface area contributed by atoms with Gasteiger partial charge in [-0.05, 0) is 12.1 Å². The molecule has 0 saturated heterocycles. The highest BCUT2D eigenvalue weighted by Crippen LogP contribution is 2.35. The number of carboxylic acid groups (broad SMARTS) is 1. The van der Waals surface area contributed by atoms with Crippen LogP contribution in [0.5, 0.6) is 0 Å². The highest BCUT2D eigenvalue weighted by molar-refractivity contribution is 6.31. The second-order valence-corrected chi connectivity index (χ2v) is 4.01. The van der Waals surface area contributed by atoms with Crippen LogP contribution in [0.1, 0.15) is 16.2 Å².